The minimum absolute atomic E-state index is 0.101. The molecule has 10 heteroatoms. The van der Waals surface area contributed by atoms with E-state index in [1.165, 1.54) is 33.7 Å². The first kappa shape index (κ1) is 22.1. The number of amides is 1. The average molecular weight is 462 g/mol. The SMILES string of the molecule is N#CC(C(=O)N1CCOCC1)=c1sc(=Cc2cccc([N+](=O)[O-])c2)c(=O)n1-c1ccccc1. The maximum absolute atomic E-state index is 13.4. The number of nitriles is 1. The number of para-hydroxylation sites is 1. The van der Waals surface area contributed by atoms with Crippen molar-refractivity contribution < 1.29 is 14.5 Å². The Morgan fingerprint density at radius 2 is 1.88 bits per heavy atom. The Morgan fingerprint density at radius 3 is 2.55 bits per heavy atom. The van der Waals surface area contributed by atoms with Gasteiger partial charge >= 0.3 is 0 Å². The predicted octanol–water partition coefficient (Wildman–Crippen LogP) is 1.17. The first-order valence-electron chi connectivity index (χ1n) is 10.0. The maximum atomic E-state index is 13.4. The summed E-state index contributed by atoms with van der Waals surface area (Å²) in [5.41, 5.74) is 0.315. The highest BCUT2D eigenvalue weighted by atomic mass is 32.1. The monoisotopic (exact) mass is 462 g/mol. The van der Waals surface area contributed by atoms with Gasteiger partial charge in [0.2, 0.25) is 0 Å². The van der Waals surface area contributed by atoms with Crippen LogP contribution in [0.2, 0.25) is 0 Å². The fraction of sp³-hybridized carbons (Fsp3) is 0.174. The number of nitrogens with zero attached hydrogens (tertiary/aromatic N) is 4. The molecule has 2 aromatic carbocycles. The van der Waals surface area contributed by atoms with E-state index in [4.69, 9.17) is 4.74 Å². The van der Waals surface area contributed by atoms with E-state index >= 15 is 0 Å². The third-order valence-corrected chi connectivity index (χ3v) is 6.15. The van der Waals surface area contributed by atoms with E-state index in [2.05, 4.69) is 0 Å². The van der Waals surface area contributed by atoms with Gasteiger partial charge in [0.05, 0.1) is 28.4 Å². The van der Waals surface area contributed by atoms with Gasteiger partial charge < -0.3 is 9.64 Å². The molecule has 1 amide bonds. The van der Waals surface area contributed by atoms with Crippen molar-refractivity contribution in [2.24, 2.45) is 0 Å². The molecule has 4 rings (SSSR count). The van der Waals surface area contributed by atoms with Crippen LogP contribution in [0.15, 0.2) is 59.4 Å². The van der Waals surface area contributed by atoms with Crippen LogP contribution in [-0.2, 0) is 9.53 Å². The number of carbonyl (C=O) groups excluding carboxylic acids is 1. The molecule has 1 aromatic heterocycles. The van der Waals surface area contributed by atoms with Crippen LogP contribution in [0, 0.1) is 21.4 Å². The molecule has 166 valence electrons. The topological polar surface area (TPSA) is 118 Å². The summed E-state index contributed by atoms with van der Waals surface area (Å²) in [5, 5.41) is 21.0. The molecule has 0 unspecified atom stereocenters. The Balaban J connectivity index is 1.97. The van der Waals surface area contributed by atoms with Crippen molar-refractivity contribution in [3.63, 3.8) is 0 Å². The summed E-state index contributed by atoms with van der Waals surface area (Å²) >= 11 is 1.00. The molecule has 3 aromatic rings. The summed E-state index contributed by atoms with van der Waals surface area (Å²) < 4.78 is 7.08. The number of nitro groups is 1. The quantitative estimate of drug-likeness (QED) is 0.424. The van der Waals surface area contributed by atoms with Gasteiger partial charge in [-0.25, -0.2) is 0 Å². The fourth-order valence-electron chi connectivity index (χ4n) is 3.45. The van der Waals surface area contributed by atoms with E-state index in [-0.39, 0.29) is 20.5 Å². The van der Waals surface area contributed by atoms with Gasteiger partial charge in [0.15, 0.2) is 5.57 Å². The Hall–Kier alpha value is -4.07. The molecule has 0 N–H and O–H groups in total. The molecule has 0 saturated carbocycles. The largest absolute Gasteiger partial charge is 0.378 e. The van der Waals surface area contributed by atoms with E-state index in [9.17, 15) is 25.0 Å². The smallest absolute Gasteiger partial charge is 0.273 e. The molecule has 0 spiro atoms. The normalized spacial score (nSPS) is 15.1. The summed E-state index contributed by atoms with van der Waals surface area (Å²) in [4.78, 5) is 38.6. The second kappa shape index (κ2) is 9.60. The van der Waals surface area contributed by atoms with Crippen LogP contribution in [0.1, 0.15) is 5.56 Å². The van der Waals surface area contributed by atoms with Crippen molar-refractivity contribution in [2.75, 3.05) is 26.3 Å². The molecule has 0 aliphatic carbocycles. The number of non-ortho nitro benzene ring substituents is 1. The van der Waals surface area contributed by atoms with E-state index in [0.29, 0.717) is 37.6 Å². The van der Waals surface area contributed by atoms with Crippen LogP contribution >= 0.6 is 11.3 Å². The van der Waals surface area contributed by atoms with Crippen molar-refractivity contribution in [1.29, 1.82) is 5.26 Å². The van der Waals surface area contributed by atoms with E-state index < -0.39 is 16.4 Å². The van der Waals surface area contributed by atoms with Crippen LogP contribution in [0.3, 0.4) is 0 Å². The highest BCUT2D eigenvalue weighted by Gasteiger charge is 2.24. The predicted molar refractivity (Wildman–Crippen MR) is 122 cm³/mol. The summed E-state index contributed by atoms with van der Waals surface area (Å²) in [6, 6.07) is 16.6. The highest BCUT2D eigenvalue weighted by Crippen LogP contribution is 2.13. The van der Waals surface area contributed by atoms with Crippen LogP contribution in [0.4, 0.5) is 5.69 Å². The molecule has 2 heterocycles. The van der Waals surface area contributed by atoms with Gasteiger partial charge in [0.25, 0.3) is 17.2 Å². The Kier molecular flexibility index (Phi) is 6.44. The summed E-state index contributed by atoms with van der Waals surface area (Å²) in [6.45, 7) is 1.48. The zero-order chi connectivity index (χ0) is 23.4. The number of hydrogen-bond donors (Lipinski definition) is 0. The third-order valence-electron chi connectivity index (χ3n) is 5.05. The van der Waals surface area contributed by atoms with Crippen LogP contribution in [0.5, 0.6) is 0 Å². The lowest BCUT2D eigenvalue weighted by atomic mass is 10.2. The van der Waals surface area contributed by atoms with E-state index in [0.717, 1.165) is 11.3 Å². The number of thiazole rings is 1. The Morgan fingerprint density at radius 1 is 1.15 bits per heavy atom. The zero-order valence-electron chi connectivity index (χ0n) is 17.3. The van der Waals surface area contributed by atoms with Gasteiger partial charge in [-0.2, -0.15) is 5.26 Å². The van der Waals surface area contributed by atoms with Crippen molar-refractivity contribution >= 4 is 34.6 Å². The van der Waals surface area contributed by atoms with Gasteiger partial charge in [-0.3, -0.25) is 24.3 Å². The zero-order valence-corrected chi connectivity index (χ0v) is 18.2. The number of rotatable bonds is 4. The standard InChI is InChI=1S/C23H18N4O5S/c24-15-19(21(28)25-9-11-32-12-10-25)23-26(17-6-2-1-3-7-17)22(29)20(33-23)14-16-5-4-8-18(13-16)27(30)31/h1-8,13-14H,9-12H2. The number of morpholine rings is 1. The lowest BCUT2D eigenvalue weighted by Gasteiger charge is -2.26. The van der Waals surface area contributed by atoms with Gasteiger partial charge in [0, 0.05) is 25.2 Å². The minimum atomic E-state index is -0.512. The molecule has 9 nitrogen and oxygen atoms in total. The summed E-state index contributed by atoms with van der Waals surface area (Å²) in [5.74, 6) is -0.464. The third kappa shape index (κ3) is 4.59. The van der Waals surface area contributed by atoms with Crippen LogP contribution in [-0.4, -0.2) is 46.6 Å². The first-order valence-corrected chi connectivity index (χ1v) is 10.9. The Labute approximate surface area is 191 Å². The fourth-order valence-corrected chi connectivity index (χ4v) is 4.55. The van der Waals surface area contributed by atoms with Crippen molar-refractivity contribution in [3.8, 4) is 11.8 Å². The lowest BCUT2D eigenvalue weighted by Crippen LogP contribution is -2.42. The van der Waals surface area contributed by atoms with Crippen molar-refractivity contribution in [3.05, 3.63) is 89.8 Å². The molecular formula is C23H18N4O5S. The molecule has 1 aliphatic rings. The number of carbonyl (C=O) groups is 1. The number of benzene rings is 2. The highest BCUT2D eigenvalue weighted by molar-refractivity contribution is 7.07. The second-order valence-corrected chi connectivity index (χ2v) is 8.17. The minimum Gasteiger partial charge on any atom is -0.378 e. The molecule has 0 atom stereocenters. The number of nitro benzene ring substituents is 1. The molecule has 1 fully saturated rings. The van der Waals surface area contributed by atoms with E-state index in [1.54, 1.807) is 36.4 Å². The van der Waals surface area contributed by atoms with Gasteiger partial charge in [-0.05, 0) is 23.8 Å². The van der Waals surface area contributed by atoms with Crippen molar-refractivity contribution in [2.45, 2.75) is 0 Å². The van der Waals surface area contributed by atoms with Gasteiger partial charge in [-0.1, -0.05) is 30.3 Å². The number of hydrogen-bond acceptors (Lipinski definition) is 7. The summed E-state index contributed by atoms with van der Waals surface area (Å²) in [6.07, 6.45) is 1.52. The van der Waals surface area contributed by atoms with Crippen LogP contribution in [0.25, 0.3) is 17.3 Å². The average Bonchev–Trinajstić information content (AvgIpc) is 3.16. The molecular weight excluding hydrogens is 444 g/mol. The molecule has 33 heavy (non-hydrogen) atoms. The molecule has 1 saturated heterocycles. The molecule has 1 aliphatic heterocycles. The second-order valence-electron chi connectivity index (χ2n) is 7.14. The van der Waals surface area contributed by atoms with E-state index in [1.807, 2.05) is 6.07 Å². The van der Waals surface area contributed by atoms with Crippen molar-refractivity contribution in [1.82, 2.24) is 9.47 Å². The lowest BCUT2D eigenvalue weighted by molar-refractivity contribution is -0.384. The first-order chi connectivity index (χ1) is 16.0. The number of aromatic nitrogens is 1. The Bertz CT molecular complexity index is 1430. The number of ether oxygens (including phenoxy) is 1. The molecule has 0 bridgehead atoms. The van der Waals surface area contributed by atoms with Gasteiger partial charge in [-0.15, -0.1) is 11.3 Å². The maximum Gasteiger partial charge on any atom is 0.273 e. The molecule has 0 radical (unpaired) electrons. The summed E-state index contributed by atoms with van der Waals surface area (Å²) in [7, 11) is 0. The van der Waals surface area contributed by atoms with Gasteiger partial charge in [0.1, 0.15) is 10.7 Å². The van der Waals surface area contributed by atoms with Crippen LogP contribution < -0.4 is 14.8 Å².